The van der Waals surface area contributed by atoms with Gasteiger partial charge in [-0.3, -0.25) is 9.59 Å². The molecular formula is C22H33NO9. The van der Waals surface area contributed by atoms with E-state index in [0.29, 0.717) is 5.92 Å². The Labute approximate surface area is 187 Å². The van der Waals surface area contributed by atoms with Crippen molar-refractivity contribution in [2.45, 2.75) is 49.7 Å². The molecule has 0 aromatic heterocycles. The fourth-order valence-electron chi connectivity index (χ4n) is 3.90. The maximum absolute atomic E-state index is 11.2. The smallest absolute Gasteiger partial charge is 0.336 e. The van der Waals surface area contributed by atoms with Gasteiger partial charge in [-0.25, -0.2) is 4.79 Å². The summed E-state index contributed by atoms with van der Waals surface area (Å²) in [5.74, 6) is -3.90. The summed E-state index contributed by atoms with van der Waals surface area (Å²) in [5, 5.41) is 45.0. The third-order valence-corrected chi connectivity index (χ3v) is 5.48. The Morgan fingerprint density at radius 2 is 1.72 bits per heavy atom. The zero-order chi connectivity index (χ0) is 24.5. The lowest BCUT2D eigenvalue weighted by Crippen LogP contribution is -2.43. The largest absolute Gasteiger partial charge is 0.497 e. The Balaban J connectivity index is 0.000000347. The number of ether oxygens (including phenoxy) is 1. The van der Waals surface area contributed by atoms with Crippen LogP contribution in [0.1, 0.15) is 44.1 Å². The van der Waals surface area contributed by atoms with Crippen LogP contribution in [0, 0.1) is 5.92 Å². The van der Waals surface area contributed by atoms with Gasteiger partial charge in [0.1, 0.15) is 5.75 Å². The molecule has 0 saturated heterocycles. The molecule has 1 aliphatic rings. The molecule has 1 fully saturated rings. The van der Waals surface area contributed by atoms with Gasteiger partial charge in [-0.05, 0) is 44.6 Å². The third kappa shape index (κ3) is 7.77. The Morgan fingerprint density at radius 3 is 2.19 bits per heavy atom. The number of hydrogen-bond acceptors (Lipinski definition) is 7. The van der Waals surface area contributed by atoms with Gasteiger partial charge in [0, 0.05) is 12.5 Å². The molecule has 5 N–H and O–H groups in total. The maximum atomic E-state index is 11.2. The number of carbonyl (C=O) groups is 3. The van der Waals surface area contributed by atoms with E-state index in [2.05, 4.69) is 19.0 Å². The van der Waals surface area contributed by atoms with Crippen LogP contribution in [-0.4, -0.2) is 81.7 Å². The number of aliphatic hydroxyl groups is 2. The quantitative estimate of drug-likeness (QED) is 0.367. The van der Waals surface area contributed by atoms with Gasteiger partial charge in [0.2, 0.25) is 0 Å². The lowest BCUT2D eigenvalue weighted by molar-refractivity contribution is -0.170. The van der Waals surface area contributed by atoms with E-state index in [-0.39, 0.29) is 0 Å². The third-order valence-electron chi connectivity index (χ3n) is 5.48. The van der Waals surface area contributed by atoms with Gasteiger partial charge in [0.05, 0.1) is 25.6 Å². The number of aliphatic carboxylic acids is 3. The summed E-state index contributed by atoms with van der Waals surface area (Å²) in [7, 11) is 5.81. The summed E-state index contributed by atoms with van der Waals surface area (Å²) in [6.45, 7) is 0.924. The number of carboxylic acid groups (broad SMARTS) is 3. The van der Waals surface area contributed by atoms with Gasteiger partial charge in [-0.2, -0.15) is 0 Å². The SMILES string of the molecule is COc1cccc([C@@]2(O)CCCC[C@@H]2CN(C)C)c1.O=C(O)CC(O)(CC(=O)O)C(=O)O. The molecule has 32 heavy (non-hydrogen) atoms. The van der Waals surface area contributed by atoms with Crippen molar-refractivity contribution in [3.05, 3.63) is 29.8 Å². The molecular weight excluding hydrogens is 422 g/mol. The fraction of sp³-hybridized carbons (Fsp3) is 0.591. The molecule has 2 atom stereocenters. The molecule has 0 radical (unpaired) electrons. The summed E-state index contributed by atoms with van der Waals surface area (Å²) >= 11 is 0. The van der Waals surface area contributed by atoms with E-state index in [1.165, 1.54) is 6.42 Å². The molecule has 0 bridgehead atoms. The fourth-order valence-corrected chi connectivity index (χ4v) is 3.90. The molecule has 2 rings (SSSR count). The van der Waals surface area contributed by atoms with E-state index in [1.54, 1.807) is 7.11 Å². The number of rotatable bonds is 9. The number of nitrogens with zero attached hydrogens (tertiary/aromatic N) is 1. The van der Waals surface area contributed by atoms with E-state index < -0.39 is 42.0 Å². The van der Waals surface area contributed by atoms with Crippen molar-refractivity contribution in [1.29, 1.82) is 0 Å². The first-order valence-electron chi connectivity index (χ1n) is 10.2. The Hall–Kier alpha value is -2.69. The van der Waals surface area contributed by atoms with Crippen molar-refractivity contribution < 1.29 is 44.7 Å². The summed E-state index contributed by atoms with van der Waals surface area (Å²) < 4.78 is 5.29. The van der Waals surface area contributed by atoms with Crippen LogP contribution in [0.15, 0.2) is 24.3 Å². The molecule has 1 aliphatic carbocycles. The van der Waals surface area contributed by atoms with Crippen LogP contribution in [0.3, 0.4) is 0 Å². The minimum absolute atomic E-state index is 0.295. The Bertz CT molecular complexity index is 779. The second kappa shape index (κ2) is 11.8. The van der Waals surface area contributed by atoms with Crippen molar-refractivity contribution in [1.82, 2.24) is 4.90 Å². The van der Waals surface area contributed by atoms with Gasteiger partial charge in [0.25, 0.3) is 0 Å². The molecule has 180 valence electrons. The van der Waals surface area contributed by atoms with Crippen LogP contribution >= 0.6 is 0 Å². The normalized spacial score (nSPS) is 20.8. The van der Waals surface area contributed by atoms with Crippen molar-refractivity contribution in [2.24, 2.45) is 5.92 Å². The highest BCUT2D eigenvalue weighted by Gasteiger charge is 2.41. The van der Waals surface area contributed by atoms with E-state index in [4.69, 9.17) is 25.2 Å². The lowest BCUT2D eigenvalue weighted by atomic mass is 9.71. The first-order valence-corrected chi connectivity index (χ1v) is 10.2. The van der Waals surface area contributed by atoms with E-state index >= 15 is 0 Å². The van der Waals surface area contributed by atoms with Crippen molar-refractivity contribution in [3.8, 4) is 5.75 Å². The van der Waals surface area contributed by atoms with Gasteiger partial charge < -0.3 is 35.2 Å². The first kappa shape index (κ1) is 27.3. The standard InChI is InChI=1S/C16H25NO2.C6H8O7/c1-17(2)12-14-7-4-5-10-16(14,18)13-8-6-9-15(11-13)19-3;7-3(8)1-6(13,5(11)12)2-4(9)10/h6,8-9,11,14,18H,4-5,7,10,12H2,1-3H3;13H,1-2H2,(H,7,8)(H,9,10)(H,11,12)/t14-,16+;/m1./s1. The van der Waals surface area contributed by atoms with Crippen molar-refractivity contribution in [3.63, 3.8) is 0 Å². The molecule has 1 aromatic carbocycles. The average molecular weight is 456 g/mol. The highest BCUT2D eigenvalue weighted by atomic mass is 16.5. The number of benzene rings is 1. The predicted octanol–water partition coefficient (Wildman–Crippen LogP) is 1.39. The van der Waals surface area contributed by atoms with Crippen molar-refractivity contribution in [2.75, 3.05) is 27.7 Å². The van der Waals surface area contributed by atoms with Crippen LogP contribution in [0.4, 0.5) is 0 Å². The molecule has 0 spiro atoms. The monoisotopic (exact) mass is 455 g/mol. The second-order valence-electron chi connectivity index (χ2n) is 8.34. The number of methoxy groups -OCH3 is 1. The molecule has 0 heterocycles. The van der Waals surface area contributed by atoms with E-state index in [0.717, 1.165) is 37.1 Å². The highest BCUT2D eigenvalue weighted by Crippen LogP contribution is 2.42. The molecule has 0 amide bonds. The zero-order valence-corrected chi connectivity index (χ0v) is 18.7. The van der Waals surface area contributed by atoms with Gasteiger partial charge in [0.15, 0.2) is 5.60 Å². The second-order valence-corrected chi connectivity index (χ2v) is 8.34. The number of hydrogen-bond donors (Lipinski definition) is 5. The lowest BCUT2D eigenvalue weighted by Gasteiger charge is -2.41. The Morgan fingerprint density at radius 1 is 1.12 bits per heavy atom. The first-order chi connectivity index (χ1) is 14.8. The molecule has 1 saturated carbocycles. The van der Waals surface area contributed by atoms with Crippen LogP contribution in [0.2, 0.25) is 0 Å². The van der Waals surface area contributed by atoms with E-state index in [9.17, 15) is 19.5 Å². The van der Waals surface area contributed by atoms with Crippen LogP contribution < -0.4 is 4.74 Å². The zero-order valence-electron chi connectivity index (χ0n) is 18.7. The average Bonchev–Trinajstić information content (AvgIpc) is 2.68. The predicted molar refractivity (Wildman–Crippen MR) is 114 cm³/mol. The van der Waals surface area contributed by atoms with Gasteiger partial charge in [-0.15, -0.1) is 0 Å². The molecule has 10 nitrogen and oxygen atoms in total. The molecule has 10 heteroatoms. The summed E-state index contributed by atoms with van der Waals surface area (Å²) in [6.07, 6.45) is 1.95. The summed E-state index contributed by atoms with van der Waals surface area (Å²) in [5.41, 5.74) is -2.45. The van der Waals surface area contributed by atoms with E-state index in [1.807, 2.05) is 24.3 Å². The molecule has 0 unspecified atom stereocenters. The maximum Gasteiger partial charge on any atom is 0.336 e. The van der Waals surface area contributed by atoms with Crippen LogP contribution in [0.25, 0.3) is 0 Å². The van der Waals surface area contributed by atoms with Gasteiger partial charge in [-0.1, -0.05) is 25.0 Å². The minimum atomic E-state index is -2.74. The molecule has 1 aromatic rings. The minimum Gasteiger partial charge on any atom is -0.497 e. The van der Waals surface area contributed by atoms with Crippen LogP contribution in [-0.2, 0) is 20.0 Å². The van der Waals surface area contributed by atoms with Crippen LogP contribution in [0.5, 0.6) is 5.75 Å². The summed E-state index contributed by atoms with van der Waals surface area (Å²) in [4.78, 5) is 32.7. The van der Waals surface area contributed by atoms with Crippen molar-refractivity contribution >= 4 is 17.9 Å². The van der Waals surface area contributed by atoms with Gasteiger partial charge >= 0.3 is 17.9 Å². The summed E-state index contributed by atoms with van der Waals surface area (Å²) in [6, 6.07) is 7.90. The topological polar surface area (TPSA) is 165 Å². The molecule has 0 aliphatic heterocycles. The number of carboxylic acids is 3. The highest BCUT2D eigenvalue weighted by molar-refractivity contribution is 5.88. The Kier molecular flexibility index (Phi) is 10.1.